The van der Waals surface area contributed by atoms with E-state index >= 15 is 0 Å². The van der Waals surface area contributed by atoms with E-state index in [9.17, 15) is 10.1 Å². The molecule has 6 nitrogen and oxygen atoms in total. The highest BCUT2D eigenvalue weighted by Gasteiger charge is 2.53. The molecule has 0 unspecified atom stereocenters. The van der Waals surface area contributed by atoms with Gasteiger partial charge in [-0.2, -0.15) is 5.26 Å². The quantitative estimate of drug-likeness (QED) is 0.425. The van der Waals surface area contributed by atoms with E-state index < -0.39 is 5.97 Å². The van der Waals surface area contributed by atoms with Crippen LogP contribution in [0.3, 0.4) is 0 Å². The Balaban J connectivity index is 1.43. The summed E-state index contributed by atoms with van der Waals surface area (Å²) in [6.45, 7) is 1.97. The van der Waals surface area contributed by atoms with Crippen molar-refractivity contribution in [1.82, 2.24) is 15.0 Å². The zero-order chi connectivity index (χ0) is 20.7. The summed E-state index contributed by atoms with van der Waals surface area (Å²) in [5.41, 5.74) is 3.20. The van der Waals surface area contributed by atoms with E-state index in [1.165, 1.54) is 44.2 Å². The molecule has 6 heteroatoms. The topological polar surface area (TPSA) is 80.8 Å². The van der Waals surface area contributed by atoms with Gasteiger partial charge in [-0.05, 0) is 87.0 Å². The van der Waals surface area contributed by atoms with Crippen LogP contribution in [0.15, 0.2) is 36.0 Å². The SMILES string of the molecule is CCOC(=O)C(C#N)=Cc1ccc(-n2nncc2C23CC4CC(CC(C4)C2)C3)cc1. The van der Waals surface area contributed by atoms with Gasteiger partial charge >= 0.3 is 5.97 Å². The Bertz CT molecular complexity index is 993. The van der Waals surface area contributed by atoms with Gasteiger partial charge in [0.2, 0.25) is 0 Å². The molecule has 0 spiro atoms. The summed E-state index contributed by atoms with van der Waals surface area (Å²) in [5.74, 6) is 1.99. The van der Waals surface area contributed by atoms with Gasteiger partial charge in [0.15, 0.2) is 0 Å². The van der Waals surface area contributed by atoms with Crippen molar-refractivity contribution in [3.63, 3.8) is 0 Å². The second-order valence-electron chi connectivity index (χ2n) is 9.21. The molecule has 0 N–H and O–H groups in total. The Hall–Kier alpha value is -2.94. The fraction of sp³-hybridized carbons (Fsp3) is 0.500. The minimum Gasteiger partial charge on any atom is -0.462 e. The van der Waals surface area contributed by atoms with Crippen molar-refractivity contribution in [1.29, 1.82) is 5.26 Å². The molecule has 0 atom stereocenters. The second kappa shape index (κ2) is 7.39. The molecule has 154 valence electrons. The molecule has 0 radical (unpaired) electrons. The summed E-state index contributed by atoms with van der Waals surface area (Å²) in [6, 6.07) is 9.67. The summed E-state index contributed by atoms with van der Waals surface area (Å²) < 4.78 is 6.93. The van der Waals surface area contributed by atoms with Crippen LogP contribution in [0, 0.1) is 29.1 Å². The van der Waals surface area contributed by atoms with E-state index in [2.05, 4.69) is 10.3 Å². The number of rotatable bonds is 5. The van der Waals surface area contributed by atoms with Crippen LogP contribution in [0.25, 0.3) is 11.8 Å². The Labute approximate surface area is 176 Å². The number of nitriles is 1. The van der Waals surface area contributed by atoms with Gasteiger partial charge in [-0.3, -0.25) is 0 Å². The van der Waals surface area contributed by atoms with Gasteiger partial charge in [0.05, 0.1) is 24.2 Å². The number of ether oxygens (including phenoxy) is 1. The number of carbonyl (C=O) groups excluding carboxylic acids is 1. The average molecular weight is 402 g/mol. The van der Waals surface area contributed by atoms with Crippen molar-refractivity contribution < 1.29 is 9.53 Å². The fourth-order valence-corrected chi connectivity index (χ4v) is 6.44. The maximum Gasteiger partial charge on any atom is 0.348 e. The van der Waals surface area contributed by atoms with E-state index in [0.717, 1.165) is 29.0 Å². The molecule has 0 amide bonds. The maximum atomic E-state index is 11.8. The van der Waals surface area contributed by atoms with E-state index in [-0.39, 0.29) is 17.6 Å². The monoisotopic (exact) mass is 402 g/mol. The third kappa shape index (κ3) is 3.23. The number of esters is 1. The molecule has 0 saturated heterocycles. The van der Waals surface area contributed by atoms with Crippen LogP contribution in [0.5, 0.6) is 0 Å². The molecule has 1 heterocycles. The van der Waals surface area contributed by atoms with E-state index in [4.69, 9.17) is 4.74 Å². The van der Waals surface area contributed by atoms with Gasteiger partial charge in [-0.15, -0.1) is 5.10 Å². The predicted octanol–water partition coefficient (Wildman–Crippen LogP) is 4.21. The van der Waals surface area contributed by atoms with Gasteiger partial charge in [0.25, 0.3) is 0 Å². The summed E-state index contributed by atoms with van der Waals surface area (Å²) in [6.07, 6.45) is 11.5. The van der Waals surface area contributed by atoms with Crippen LogP contribution in [0.1, 0.15) is 56.7 Å². The van der Waals surface area contributed by atoms with E-state index in [0.29, 0.717) is 0 Å². The van der Waals surface area contributed by atoms with Crippen molar-refractivity contribution in [3.05, 3.63) is 47.3 Å². The van der Waals surface area contributed by atoms with Crippen molar-refractivity contribution in [2.24, 2.45) is 17.8 Å². The molecule has 1 aromatic heterocycles. The molecule has 1 aromatic carbocycles. The number of benzene rings is 1. The van der Waals surface area contributed by atoms with Crippen molar-refractivity contribution >= 4 is 12.0 Å². The number of nitrogens with zero attached hydrogens (tertiary/aromatic N) is 4. The highest BCUT2D eigenvalue weighted by atomic mass is 16.5. The van der Waals surface area contributed by atoms with Crippen molar-refractivity contribution in [2.45, 2.75) is 50.9 Å². The molecule has 30 heavy (non-hydrogen) atoms. The first kappa shape index (κ1) is 19.0. The number of carbonyl (C=O) groups is 1. The van der Waals surface area contributed by atoms with Gasteiger partial charge in [-0.25, -0.2) is 9.48 Å². The molecule has 2 aromatic rings. The van der Waals surface area contributed by atoms with Gasteiger partial charge in [0.1, 0.15) is 11.6 Å². The summed E-state index contributed by atoms with van der Waals surface area (Å²) in [5, 5.41) is 17.9. The molecular formula is C24H26N4O2. The first-order valence-corrected chi connectivity index (χ1v) is 10.9. The summed E-state index contributed by atoms with van der Waals surface area (Å²) >= 11 is 0. The number of hydrogen-bond acceptors (Lipinski definition) is 5. The maximum absolute atomic E-state index is 11.8. The molecular weight excluding hydrogens is 376 g/mol. The van der Waals surface area contributed by atoms with E-state index in [1.807, 2.05) is 41.2 Å². The molecule has 4 aliphatic carbocycles. The molecule has 4 fully saturated rings. The molecule has 4 saturated carbocycles. The predicted molar refractivity (Wildman–Crippen MR) is 111 cm³/mol. The van der Waals surface area contributed by atoms with Crippen molar-refractivity contribution in [2.75, 3.05) is 6.61 Å². The van der Waals surface area contributed by atoms with Gasteiger partial charge < -0.3 is 4.74 Å². The van der Waals surface area contributed by atoms with Crippen LogP contribution in [-0.2, 0) is 14.9 Å². The number of hydrogen-bond donors (Lipinski definition) is 0. The summed E-state index contributed by atoms with van der Waals surface area (Å²) in [4.78, 5) is 11.8. The first-order chi connectivity index (χ1) is 14.6. The zero-order valence-electron chi connectivity index (χ0n) is 17.3. The Morgan fingerprint density at radius 2 is 1.83 bits per heavy atom. The second-order valence-corrected chi connectivity index (χ2v) is 9.21. The highest BCUT2D eigenvalue weighted by molar-refractivity contribution is 5.97. The Kier molecular flexibility index (Phi) is 4.69. The Morgan fingerprint density at radius 1 is 1.20 bits per heavy atom. The van der Waals surface area contributed by atoms with E-state index in [1.54, 1.807) is 13.0 Å². The van der Waals surface area contributed by atoms with Crippen LogP contribution in [-0.4, -0.2) is 27.6 Å². The lowest BCUT2D eigenvalue weighted by atomic mass is 9.49. The van der Waals surface area contributed by atoms with Gasteiger partial charge in [-0.1, -0.05) is 17.3 Å². The zero-order valence-corrected chi connectivity index (χ0v) is 17.3. The smallest absolute Gasteiger partial charge is 0.348 e. The highest BCUT2D eigenvalue weighted by Crippen LogP contribution is 2.60. The normalized spacial score (nSPS) is 29.6. The molecule has 4 bridgehead atoms. The lowest BCUT2D eigenvalue weighted by Crippen LogP contribution is -2.49. The molecule has 6 rings (SSSR count). The third-order valence-corrected chi connectivity index (χ3v) is 7.20. The van der Waals surface area contributed by atoms with Crippen molar-refractivity contribution in [3.8, 4) is 11.8 Å². The standard InChI is InChI=1S/C24H26N4O2/c1-2-30-23(29)20(14-25)10-16-3-5-21(6-4-16)28-22(15-26-27-28)24-11-17-7-18(12-24)9-19(8-17)13-24/h3-6,10,15,17-19H,2,7-9,11-13H2,1H3. The van der Waals surface area contributed by atoms with Gasteiger partial charge in [0, 0.05) is 5.41 Å². The minimum atomic E-state index is -0.593. The number of aromatic nitrogens is 3. The Morgan fingerprint density at radius 3 is 2.40 bits per heavy atom. The van der Waals surface area contributed by atoms with Crippen LogP contribution in [0.4, 0.5) is 0 Å². The largest absolute Gasteiger partial charge is 0.462 e. The lowest BCUT2D eigenvalue weighted by Gasteiger charge is -2.56. The molecule has 0 aliphatic heterocycles. The third-order valence-electron chi connectivity index (χ3n) is 7.20. The lowest BCUT2D eigenvalue weighted by molar-refractivity contribution is -0.137. The van der Waals surface area contributed by atoms with Crippen LogP contribution in [0.2, 0.25) is 0 Å². The fourth-order valence-electron chi connectivity index (χ4n) is 6.44. The minimum absolute atomic E-state index is 0.000359. The average Bonchev–Trinajstić information content (AvgIpc) is 3.22. The molecule has 4 aliphatic rings. The van der Waals surface area contributed by atoms with Crippen LogP contribution < -0.4 is 0 Å². The first-order valence-electron chi connectivity index (χ1n) is 10.9. The summed E-state index contributed by atoms with van der Waals surface area (Å²) in [7, 11) is 0. The van der Waals surface area contributed by atoms with Crippen LogP contribution >= 0.6 is 0 Å².